The van der Waals surface area contributed by atoms with Gasteiger partial charge in [-0.15, -0.1) is 0 Å². The largest absolute Gasteiger partial charge is 0.493 e. The third-order valence-electron chi connectivity index (χ3n) is 3.44. The van der Waals surface area contributed by atoms with Crippen LogP contribution in [0.5, 0.6) is 11.5 Å². The highest BCUT2D eigenvalue weighted by Gasteiger charge is 2.13. The SMILES string of the molecule is CCCCCCCCCOc1ccc(S(=O)(=O)O)cc1OC. The summed E-state index contributed by atoms with van der Waals surface area (Å²) in [5.74, 6) is 0.791. The van der Waals surface area contributed by atoms with Gasteiger partial charge in [-0.25, -0.2) is 0 Å². The average Bonchev–Trinajstić information content (AvgIpc) is 2.49. The number of hydrogen-bond acceptors (Lipinski definition) is 4. The van der Waals surface area contributed by atoms with E-state index >= 15 is 0 Å². The molecule has 6 heteroatoms. The third-order valence-corrected chi connectivity index (χ3v) is 4.29. The first kappa shape index (κ1) is 18.8. The van der Waals surface area contributed by atoms with E-state index in [1.54, 1.807) is 0 Å². The van der Waals surface area contributed by atoms with Gasteiger partial charge in [0.15, 0.2) is 11.5 Å². The van der Waals surface area contributed by atoms with E-state index in [0.717, 1.165) is 12.8 Å². The number of unbranched alkanes of at least 4 members (excludes halogenated alkanes) is 6. The Bertz CT molecular complexity index is 539. The van der Waals surface area contributed by atoms with Crippen LogP contribution in [-0.2, 0) is 10.1 Å². The number of methoxy groups -OCH3 is 1. The standard InChI is InChI=1S/C16H26O5S/c1-3-4-5-6-7-8-9-12-21-15-11-10-14(22(17,18)19)13-16(15)20-2/h10-11,13H,3-9,12H2,1-2H3,(H,17,18,19). The molecule has 1 rings (SSSR count). The van der Waals surface area contributed by atoms with Gasteiger partial charge in [0.1, 0.15) is 0 Å². The molecule has 22 heavy (non-hydrogen) atoms. The Morgan fingerprint density at radius 3 is 2.23 bits per heavy atom. The quantitative estimate of drug-likeness (QED) is 0.489. The summed E-state index contributed by atoms with van der Waals surface area (Å²) in [6.07, 6.45) is 8.39. The Morgan fingerprint density at radius 2 is 1.64 bits per heavy atom. The summed E-state index contributed by atoms with van der Waals surface area (Å²) >= 11 is 0. The first-order chi connectivity index (χ1) is 10.5. The predicted molar refractivity (Wildman–Crippen MR) is 86.3 cm³/mol. The van der Waals surface area contributed by atoms with Crippen LogP contribution in [0.4, 0.5) is 0 Å². The summed E-state index contributed by atoms with van der Waals surface area (Å²) < 4.78 is 41.9. The van der Waals surface area contributed by atoms with Crippen LogP contribution in [-0.4, -0.2) is 26.7 Å². The van der Waals surface area contributed by atoms with Crippen LogP contribution in [0.1, 0.15) is 51.9 Å². The highest BCUT2D eigenvalue weighted by Crippen LogP contribution is 2.29. The van der Waals surface area contributed by atoms with Crippen molar-refractivity contribution in [2.75, 3.05) is 13.7 Å². The molecule has 0 unspecified atom stereocenters. The maximum absolute atomic E-state index is 11.1. The van der Waals surface area contributed by atoms with Crippen molar-refractivity contribution in [3.8, 4) is 11.5 Å². The van der Waals surface area contributed by atoms with Gasteiger partial charge in [0.05, 0.1) is 18.6 Å². The van der Waals surface area contributed by atoms with Crippen LogP contribution in [0.2, 0.25) is 0 Å². The van der Waals surface area contributed by atoms with Crippen molar-refractivity contribution in [3.63, 3.8) is 0 Å². The molecule has 0 aliphatic rings. The zero-order valence-electron chi connectivity index (χ0n) is 13.4. The van der Waals surface area contributed by atoms with Gasteiger partial charge >= 0.3 is 0 Å². The third kappa shape index (κ3) is 6.66. The molecule has 1 aromatic carbocycles. The zero-order chi connectivity index (χ0) is 16.4. The minimum Gasteiger partial charge on any atom is -0.493 e. The van der Waals surface area contributed by atoms with Crippen molar-refractivity contribution in [3.05, 3.63) is 18.2 Å². The fourth-order valence-electron chi connectivity index (χ4n) is 2.17. The van der Waals surface area contributed by atoms with Crippen molar-refractivity contribution >= 4 is 10.1 Å². The maximum atomic E-state index is 11.1. The minimum absolute atomic E-state index is 0.201. The molecule has 0 bridgehead atoms. The van der Waals surface area contributed by atoms with Crippen molar-refractivity contribution in [2.24, 2.45) is 0 Å². The molecule has 0 saturated heterocycles. The van der Waals surface area contributed by atoms with Crippen LogP contribution < -0.4 is 9.47 Å². The lowest BCUT2D eigenvalue weighted by Gasteiger charge is -2.11. The lowest BCUT2D eigenvalue weighted by molar-refractivity contribution is 0.284. The van der Waals surface area contributed by atoms with Crippen LogP contribution in [0, 0.1) is 0 Å². The summed E-state index contributed by atoms with van der Waals surface area (Å²) in [6.45, 7) is 2.77. The summed E-state index contributed by atoms with van der Waals surface area (Å²) in [6, 6.07) is 4.07. The number of hydrogen-bond donors (Lipinski definition) is 1. The fourth-order valence-corrected chi connectivity index (χ4v) is 2.66. The van der Waals surface area contributed by atoms with E-state index in [1.807, 2.05) is 0 Å². The molecule has 0 spiro atoms. The van der Waals surface area contributed by atoms with Crippen LogP contribution in [0.15, 0.2) is 23.1 Å². The molecule has 126 valence electrons. The molecule has 0 radical (unpaired) electrons. The zero-order valence-corrected chi connectivity index (χ0v) is 14.2. The lowest BCUT2D eigenvalue weighted by atomic mass is 10.1. The van der Waals surface area contributed by atoms with Crippen molar-refractivity contribution < 1.29 is 22.4 Å². The van der Waals surface area contributed by atoms with Gasteiger partial charge in [-0.05, 0) is 18.6 Å². The number of ether oxygens (including phenoxy) is 2. The van der Waals surface area contributed by atoms with Gasteiger partial charge in [0.2, 0.25) is 0 Å². The molecule has 1 N–H and O–H groups in total. The van der Waals surface area contributed by atoms with Gasteiger partial charge in [0.25, 0.3) is 10.1 Å². The minimum atomic E-state index is -4.23. The van der Waals surface area contributed by atoms with E-state index in [2.05, 4.69) is 6.92 Å². The maximum Gasteiger partial charge on any atom is 0.294 e. The van der Waals surface area contributed by atoms with Crippen LogP contribution in [0.25, 0.3) is 0 Å². The highest BCUT2D eigenvalue weighted by atomic mass is 32.2. The second-order valence-corrected chi connectivity index (χ2v) is 6.68. The van der Waals surface area contributed by atoms with Gasteiger partial charge in [-0.1, -0.05) is 45.4 Å². The molecule has 0 aliphatic carbocycles. The monoisotopic (exact) mass is 330 g/mol. The molecular formula is C16H26O5S. The number of benzene rings is 1. The normalized spacial score (nSPS) is 11.4. The molecule has 0 saturated carbocycles. The van der Waals surface area contributed by atoms with Crippen LogP contribution >= 0.6 is 0 Å². The van der Waals surface area contributed by atoms with Gasteiger partial charge in [0, 0.05) is 6.07 Å². The van der Waals surface area contributed by atoms with E-state index in [4.69, 9.17) is 14.0 Å². The Kier molecular flexibility index (Phi) is 8.27. The van der Waals surface area contributed by atoms with E-state index in [9.17, 15) is 8.42 Å². The number of rotatable bonds is 11. The van der Waals surface area contributed by atoms with Gasteiger partial charge in [-0.2, -0.15) is 8.42 Å². The second kappa shape index (κ2) is 9.69. The van der Waals surface area contributed by atoms with Gasteiger partial charge < -0.3 is 9.47 Å². The fraction of sp³-hybridized carbons (Fsp3) is 0.625. The van der Waals surface area contributed by atoms with Gasteiger partial charge in [-0.3, -0.25) is 4.55 Å². The molecule has 0 aliphatic heterocycles. The molecule has 0 aromatic heterocycles. The summed E-state index contributed by atoms with van der Waals surface area (Å²) in [7, 11) is -2.79. The van der Waals surface area contributed by atoms with Crippen molar-refractivity contribution in [1.82, 2.24) is 0 Å². The van der Waals surface area contributed by atoms with Crippen LogP contribution in [0.3, 0.4) is 0 Å². The molecular weight excluding hydrogens is 304 g/mol. The molecule has 0 heterocycles. The molecule has 0 atom stereocenters. The smallest absolute Gasteiger partial charge is 0.294 e. The predicted octanol–water partition coefficient (Wildman–Crippen LogP) is 4.07. The Morgan fingerprint density at radius 1 is 1.00 bits per heavy atom. The second-order valence-electron chi connectivity index (χ2n) is 5.26. The molecule has 5 nitrogen and oxygen atoms in total. The van der Waals surface area contributed by atoms with E-state index in [0.29, 0.717) is 18.1 Å². The van der Waals surface area contributed by atoms with E-state index in [-0.39, 0.29) is 4.90 Å². The lowest BCUT2D eigenvalue weighted by Crippen LogP contribution is -2.02. The first-order valence-corrected chi connectivity index (χ1v) is 9.21. The highest BCUT2D eigenvalue weighted by molar-refractivity contribution is 7.85. The Balaban J connectivity index is 2.40. The topological polar surface area (TPSA) is 72.8 Å². The Hall–Kier alpha value is -1.27. The molecule has 0 fully saturated rings. The Labute approximate surface area is 133 Å². The summed E-state index contributed by atoms with van der Waals surface area (Å²) in [5.41, 5.74) is 0. The van der Waals surface area contributed by atoms with E-state index in [1.165, 1.54) is 57.4 Å². The molecule has 0 amide bonds. The average molecular weight is 330 g/mol. The summed E-state index contributed by atoms with van der Waals surface area (Å²) in [4.78, 5) is -0.201. The van der Waals surface area contributed by atoms with Crippen molar-refractivity contribution in [1.29, 1.82) is 0 Å². The summed E-state index contributed by atoms with van der Waals surface area (Å²) in [5, 5.41) is 0. The van der Waals surface area contributed by atoms with Crippen molar-refractivity contribution in [2.45, 2.75) is 56.8 Å². The molecule has 1 aromatic rings. The first-order valence-electron chi connectivity index (χ1n) is 7.77. The van der Waals surface area contributed by atoms with E-state index < -0.39 is 10.1 Å².